The molecule has 0 atom stereocenters. The third-order valence-corrected chi connectivity index (χ3v) is 4.65. The summed E-state index contributed by atoms with van der Waals surface area (Å²) in [5.41, 5.74) is -0.139. The Morgan fingerprint density at radius 1 is 1.42 bits per heavy atom. The van der Waals surface area contributed by atoms with Gasteiger partial charge in [0.1, 0.15) is 10.6 Å². The van der Waals surface area contributed by atoms with Gasteiger partial charge in [0.05, 0.1) is 0 Å². The topological polar surface area (TPSA) is 99.3 Å². The summed E-state index contributed by atoms with van der Waals surface area (Å²) in [6.07, 6.45) is 6.03. The zero-order valence-electron chi connectivity index (χ0n) is 10.7. The maximum Gasteiger partial charge on any atom is 0.352 e. The molecule has 0 bridgehead atoms. The summed E-state index contributed by atoms with van der Waals surface area (Å²) in [6.45, 7) is 0.365. The van der Waals surface area contributed by atoms with Crippen LogP contribution >= 0.6 is 11.8 Å². The second-order valence-electron chi connectivity index (χ2n) is 4.01. The van der Waals surface area contributed by atoms with Gasteiger partial charge in [0.15, 0.2) is 0 Å². The number of aromatic carboxylic acids is 1. The molecule has 19 heavy (non-hydrogen) atoms. The number of hydrogen-bond donors (Lipinski definition) is 3. The number of thioether (sulfide) groups is 1. The summed E-state index contributed by atoms with van der Waals surface area (Å²) in [6, 6.07) is 1.11. The van der Waals surface area contributed by atoms with Crippen molar-refractivity contribution in [3.63, 3.8) is 0 Å². The van der Waals surface area contributed by atoms with E-state index in [-0.39, 0.29) is 10.6 Å². The molecular weight excluding hydrogens is 288 g/mol. The van der Waals surface area contributed by atoms with E-state index in [1.807, 2.05) is 6.26 Å². The predicted octanol–water partition coefficient (Wildman–Crippen LogP) is 1.52. The molecule has 8 heteroatoms. The largest absolute Gasteiger partial charge is 0.477 e. The van der Waals surface area contributed by atoms with Crippen LogP contribution in [0.1, 0.15) is 29.8 Å². The normalized spacial score (nSPS) is 11.6. The first-order chi connectivity index (χ1) is 8.97. The van der Waals surface area contributed by atoms with E-state index in [1.54, 1.807) is 11.8 Å². The molecule has 0 aliphatic rings. The number of carbonyl (C=O) groups is 1. The lowest BCUT2D eigenvalue weighted by Crippen LogP contribution is -2.24. The van der Waals surface area contributed by atoms with Crippen LogP contribution < -0.4 is 4.72 Å². The molecule has 6 nitrogen and oxygen atoms in total. The molecule has 3 N–H and O–H groups in total. The quantitative estimate of drug-likeness (QED) is 0.601. The molecule has 0 unspecified atom stereocenters. The van der Waals surface area contributed by atoms with Crippen molar-refractivity contribution in [1.82, 2.24) is 9.71 Å². The van der Waals surface area contributed by atoms with Crippen molar-refractivity contribution in [3.8, 4) is 0 Å². The number of carboxylic acids is 1. The molecule has 0 aromatic carbocycles. The Balaban J connectivity index is 2.44. The molecule has 0 spiro atoms. The van der Waals surface area contributed by atoms with E-state index in [2.05, 4.69) is 9.71 Å². The Kier molecular flexibility index (Phi) is 6.40. The molecule has 0 radical (unpaired) electrons. The van der Waals surface area contributed by atoms with Gasteiger partial charge in [-0.1, -0.05) is 6.42 Å². The first-order valence-electron chi connectivity index (χ1n) is 5.87. The van der Waals surface area contributed by atoms with Crippen LogP contribution in [0.3, 0.4) is 0 Å². The molecular formula is C11H18N2O4S2. The summed E-state index contributed by atoms with van der Waals surface area (Å²) in [5.74, 6) is -0.106. The standard InChI is InChI=1S/C11H18N2O4S2/c1-18-6-4-2-3-5-13-19(16,17)9-7-10(11(14)15)12-8-9/h7-8,12-13H,2-6H2,1H3,(H,14,15). The highest BCUT2D eigenvalue weighted by Gasteiger charge is 2.17. The van der Waals surface area contributed by atoms with Crippen LogP contribution in [-0.4, -0.2) is 43.0 Å². The lowest BCUT2D eigenvalue weighted by molar-refractivity contribution is 0.0691. The van der Waals surface area contributed by atoms with Gasteiger partial charge in [0.25, 0.3) is 0 Å². The summed E-state index contributed by atoms with van der Waals surface area (Å²) >= 11 is 1.77. The van der Waals surface area contributed by atoms with Crippen molar-refractivity contribution < 1.29 is 18.3 Å². The highest BCUT2D eigenvalue weighted by Crippen LogP contribution is 2.10. The smallest absolute Gasteiger partial charge is 0.352 e. The van der Waals surface area contributed by atoms with Crippen molar-refractivity contribution in [2.24, 2.45) is 0 Å². The number of aromatic amines is 1. The van der Waals surface area contributed by atoms with Crippen molar-refractivity contribution in [2.75, 3.05) is 18.6 Å². The van der Waals surface area contributed by atoms with E-state index in [1.165, 1.54) is 6.20 Å². The molecule has 0 aliphatic heterocycles. The van der Waals surface area contributed by atoms with Gasteiger partial charge in [-0.15, -0.1) is 0 Å². The number of sulfonamides is 1. The first-order valence-corrected chi connectivity index (χ1v) is 8.75. The molecule has 0 amide bonds. The third-order valence-electron chi connectivity index (χ3n) is 2.51. The number of unbranched alkanes of at least 4 members (excludes halogenated alkanes) is 2. The maximum atomic E-state index is 11.8. The lowest BCUT2D eigenvalue weighted by Gasteiger charge is -2.04. The van der Waals surface area contributed by atoms with E-state index in [0.717, 1.165) is 31.1 Å². The van der Waals surface area contributed by atoms with Crippen LogP contribution in [0.5, 0.6) is 0 Å². The first kappa shape index (κ1) is 16.1. The number of aromatic nitrogens is 1. The van der Waals surface area contributed by atoms with Crippen molar-refractivity contribution in [3.05, 3.63) is 18.0 Å². The zero-order valence-corrected chi connectivity index (χ0v) is 12.3. The van der Waals surface area contributed by atoms with Crippen LogP contribution in [0.2, 0.25) is 0 Å². The number of H-pyrrole nitrogens is 1. The Bertz CT molecular complexity index is 511. The average molecular weight is 306 g/mol. The van der Waals surface area contributed by atoms with Gasteiger partial charge in [-0.25, -0.2) is 17.9 Å². The second kappa shape index (κ2) is 7.56. The van der Waals surface area contributed by atoms with E-state index in [0.29, 0.717) is 6.54 Å². The van der Waals surface area contributed by atoms with Crippen LogP contribution in [0, 0.1) is 0 Å². The Morgan fingerprint density at radius 3 is 2.74 bits per heavy atom. The van der Waals surface area contributed by atoms with Gasteiger partial charge in [0, 0.05) is 12.7 Å². The maximum absolute atomic E-state index is 11.8. The van der Waals surface area contributed by atoms with Crippen molar-refractivity contribution >= 4 is 27.8 Å². The Hall–Kier alpha value is -0.990. The van der Waals surface area contributed by atoms with Crippen LogP contribution in [0.25, 0.3) is 0 Å². The minimum Gasteiger partial charge on any atom is -0.477 e. The fourth-order valence-corrected chi connectivity index (χ4v) is 3.05. The second-order valence-corrected chi connectivity index (χ2v) is 6.76. The zero-order chi connectivity index (χ0) is 14.3. The van der Waals surface area contributed by atoms with E-state index < -0.39 is 16.0 Å². The molecule has 1 aromatic heterocycles. The van der Waals surface area contributed by atoms with Crippen LogP contribution in [-0.2, 0) is 10.0 Å². The molecule has 0 fully saturated rings. The van der Waals surface area contributed by atoms with E-state index in [4.69, 9.17) is 5.11 Å². The Labute approximate surface area is 117 Å². The minimum absolute atomic E-state index is 0.0472. The molecule has 108 valence electrons. The molecule has 1 rings (SSSR count). The third kappa shape index (κ3) is 5.25. The fourth-order valence-electron chi connectivity index (χ4n) is 1.49. The van der Waals surface area contributed by atoms with E-state index in [9.17, 15) is 13.2 Å². The molecule has 0 saturated heterocycles. The van der Waals surface area contributed by atoms with Gasteiger partial charge in [-0.05, 0) is 30.9 Å². The minimum atomic E-state index is -3.62. The predicted molar refractivity (Wildman–Crippen MR) is 75.2 cm³/mol. The van der Waals surface area contributed by atoms with Gasteiger partial charge in [0.2, 0.25) is 10.0 Å². The average Bonchev–Trinajstić information content (AvgIpc) is 2.84. The fraction of sp³-hybridized carbons (Fsp3) is 0.545. The number of hydrogen-bond acceptors (Lipinski definition) is 4. The van der Waals surface area contributed by atoms with Crippen LogP contribution in [0.15, 0.2) is 17.2 Å². The molecule has 1 heterocycles. The highest BCUT2D eigenvalue weighted by molar-refractivity contribution is 7.98. The molecule has 1 aromatic rings. The van der Waals surface area contributed by atoms with Gasteiger partial charge < -0.3 is 10.1 Å². The molecule has 0 saturated carbocycles. The van der Waals surface area contributed by atoms with Crippen molar-refractivity contribution in [1.29, 1.82) is 0 Å². The number of rotatable bonds is 9. The highest BCUT2D eigenvalue weighted by atomic mass is 32.2. The van der Waals surface area contributed by atoms with Crippen LogP contribution in [0.4, 0.5) is 0 Å². The van der Waals surface area contributed by atoms with Crippen molar-refractivity contribution in [2.45, 2.75) is 24.2 Å². The summed E-state index contributed by atoms with van der Waals surface area (Å²) in [7, 11) is -3.62. The summed E-state index contributed by atoms with van der Waals surface area (Å²) < 4.78 is 26.1. The summed E-state index contributed by atoms with van der Waals surface area (Å²) in [5, 5.41) is 8.71. The van der Waals surface area contributed by atoms with E-state index >= 15 is 0 Å². The summed E-state index contributed by atoms with van der Waals surface area (Å²) in [4.78, 5) is 13.0. The SMILES string of the molecule is CSCCCCCNS(=O)(=O)c1c[nH]c(C(=O)O)c1. The van der Waals surface area contributed by atoms with Gasteiger partial charge in [-0.2, -0.15) is 11.8 Å². The number of nitrogens with one attached hydrogen (secondary N) is 2. The molecule has 0 aliphatic carbocycles. The lowest BCUT2D eigenvalue weighted by atomic mass is 10.2. The number of carboxylic acid groups (broad SMARTS) is 1. The monoisotopic (exact) mass is 306 g/mol. The van der Waals surface area contributed by atoms with Gasteiger partial charge >= 0.3 is 5.97 Å². The Morgan fingerprint density at radius 2 is 2.16 bits per heavy atom. The van der Waals surface area contributed by atoms with Gasteiger partial charge in [-0.3, -0.25) is 0 Å².